The maximum Gasteiger partial charge on any atom is 0.254 e. The summed E-state index contributed by atoms with van der Waals surface area (Å²) < 4.78 is 30.8. The Bertz CT molecular complexity index is 1010. The molecule has 0 unspecified atom stereocenters. The van der Waals surface area contributed by atoms with E-state index < -0.39 is 10.0 Å². The largest absolute Gasteiger partial charge is 0.360 e. The maximum atomic E-state index is 12.8. The third kappa shape index (κ3) is 5.80. The molecule has 0 aliphatic carbocycles. The van der Waals surface area contributed by atoms with E-state index in [2.05, 4.69) is 15.2 Å². The molecule has 0 bridgehead atoms. The highest BCUT2D eigenvalue weighted by Gasteiger charge is 2.24. The lowest BCUT2D eigenvalue weighted by Gasteiger charge is -2.34. The number of nitrogens with one attached hydrogen (secondary N) is 2. The molecule has 2 heterocycles. The zero-order valence-corrected chi connectivity index (χ0v) is 17.7. The van der Waals surface area contributed by atoms with Crippen molar-refractivity contribution >= 4 is 33.3 Å². The molecule has 3 rings (SSSR count). The molecule has 0 radical (unpaired) electrons. The van der Waals surface area contributed by atoms with E-state index in [1.807, 2.05) is 4.90 Å². The highest BCUT2D eigenvalue weighted by molar-refractivity contribution is 7.92. The first-order valence-corrected chi connectivity index (χ1v) is 11.3. The van der Waals surface area contributed by atoms with Crippen LogP contribution in [0.5, 0.6) is 0 Å². The SMILES string of the molecule is CCS(=O)(=O)Nc1cccc(C(=O)N2CCN(CC(=O)Nc3cc(C)on3)CC2)c1. The average Bonchev–Trinajstić information content (AvgIpc) is 3.12. The number of carbonyl (C=O) groups excluding carboxylic acids is 2. The summed E-state index contributed by atoms with van der Waals surface area (Å²) in [5.74, 6) is 0.583. The van der Waals surface area contributed by atoms with Crippen LogP contribution in [0.4, 0.5) is 11.5 Å². The van der Waals surface area contributed by atoms with Crippen molar-refractivity contribution in [2.75, 3.05) is 48.5 Å². The van der Waals surface area contributed by atoms with Crippen LogP contribution in [0.25, 0.3) is 0 Å². The number of rotatable bonds is 7. The summed E-state index contributed by atoms with van der Waals surface area (Å²) in [7, 11) is -3.41. The van der Waals surface area contributed by atoms with E-state index in [1.165, 1.54) is 6.07 Å². The molecule has 0 spiro atoms. The molecule has 0 saturated carbocycles. The summed E-state index contributed by atoms with van der Waals surface area (Å²) in [6.07, 6.45) is 0. The Labute approximate surface area is 175 Å². The number of hydrogen-bond acceptors (Lipinski definition) is 7. The van der Waals surface area contributed by atoms with Crippen LogP contribution in [0.15, 0.2) is 34.9 Å². The van der Waals surface area contributed by atoms with Crippen molar-refractivity contribution in [2.24, 2.45) is 0 Å². The van der Waals surface area contributed by atoms with Gasteiger partial charge in [0, 0.05) is 43.5 Å². The molecule has 2 amide bonds. The standard InChI is InChI=1S/C19H25N5O5S/c1-3-30(27,28)22-16-6-4-5-15(12-16)19(26)24-9-7-23(8-10-24)13-18(25)20-17-11-14(2)29-21-17/h4-6,11-12,22H,3,7-10,13H2,1-2H3,(H,20,21,25). The van der Waals surface area contributed by atoms with Gasteiger partial charge in [0.2, 0.25) is 15.9 Å². The second-order valence-electron chi connectivity index (χ2n) is 7.03. The number of nitrogens with zero attached hydrogens (tertiary/aromatic N) is 3. The van der Waals surface area contributed by atoms with E-state index in [4.69, 9.17) is 4.52 Å². The zero-order valence-electron chi connectivity index (χ0n) is 16.9. The van der Waals surface area contributed by atoms with Gasteiger partial charge in [-0.05, 0) is 32.0 Å². The molecule has 11 heteroatoms. The normalized spacial score (nSPS) is 15.1. The minimum Gasteiger partial charge on any atom is -0.360 e. The Morgan fingerprint density at radius 3 is 2.53 bits per heavy atom. The van der Waals surface area contributed by atoms with Gasteiger partial charge in [-0.2, -0.15) is 0 Å². The van der Waals surface area contributed by atoms with E-state index in [0.29, 0.717) is 49.0 Å². The Morgan fingerprint density at radius 2 is 1.90 bits per heavy atom. The first-order valence-electron chi connectivity index (χ1n) is 9.61. The second-order valence-corrected chi connectivity index (χ2v) is 9.04. The second kappa shape index (κ2) is 9.26. The summed E-state index contributed by atoms with van der Waals surface area (Å²) in [6, 6.07) is 8.09. The van der Waals surface area contributed by atoms with Gasteiger partial charge in [-0.15, -0.1) is 0 Å². The van der Waals surface area contributed by atoms with Gasteiger partial charge in [-0.1, -0.05) is 11.2 Å². The molecule has 10 nitrogen and oxygen atoms in total. The van der Waals surface area contributed by atoms with Crippen LogP contribution in [-0.4, -0.2) is 73.7 Å². The molecule has 1 aromatic carbocycles. The van der Waals surface area contributed by atoms with Gasteiger partial charge in [-0.3, -0.25) is 19.2 Å². The fraction of sp³-hybridized carbons (Fsp3) is 0.421. The predicted molar refractivity (Wildman–Crippen MR) is 112 cm³/mol. The van der Waals surface area contributed by atoms with Crippen LogP contribution in [0.1, 0.15) is 23.0 Å². The van der Waals surface area contributed by atoms with Crippen molar-refractivity contribution in [2.45, 2.75) is 13.8 Å². The molecule has 2 aromatic rings. The molecule has 162 valence electrons. The number of carbonyl (C=O) groups is 2. The molecule has 1 aliphatic heterocycles. The number of sulfonamides is 1. The zero-order chi connectivity index (χ0) is 21.7. The highest BCUT2D eigenvalue weighted by Crippen LogP contribution is 2.16. The summed E-state index contributed by atoms with van der Waals surface area (Å²) in [6.45, 7) is 5.54. The van der Waals surface area contributed by atoms with Crippen LogP contribution in [-0.2, 0) is 14.8 Å². The fourth-order valence-corrected chi connectivity index (χ4v) is 3.70. The van der Waals surface area contributed by atoms with Gasteiger partial charge < -0.3 is 14.7 Å². The Hall–Kier alpha value is -2.92. The average molecular weight is 436 g/mol. The first-order chi connectivity index (χ1) is 14.3. The third-order valence-electron chi connectivity index (χ3n) is 4.69. The topological polar surface area (TPSA) is 125 Å². The molecule has 1 fully saturated rings. The van der Waals surface area contributed by atoms with Crippen LogP contribution in [0.3, 0.4) is 0 Å². The Kier molecular flexibility index (Phi) is 6.73. The number of amides is 2. The Morgan fingerprint density at radius 1 is 1.17 bits per heavy atom. The minimum atomic E-state index is -3.41. The van der Waals surface area contributed by atoms with Gasteiger partial charge in [-0.25, -0.2) is 8.42 Å². The van der Waals surface area contributed by atoms with Crippen molar-refractivity contribution in [3.8, 4) is 0 Å². The van der Waals surface area contributed by atoms with Crippen molar-refractivity contribution in [1.82, 2.24) is 15.0 Å². The number of aromatic nitrogens is 1. The predicted octanol–water partition coefficient (Wildman–Crippen LogP) is 1.14. The number of anilines is 2. The van der Waals surface area contributed by atoms with Crippen molar-refractivity contribution in [3.63, 3.8) is 0 Å². The van der Waals surface area contributed by atoms with Crippen molar-refractivity contribution in [3.05, 3.63) is 41.7 Å². The Balaban J connectivity index is 1.52. The molecule has 1 aromatic heterocycles. The minimum absolute atomic E-state index is 0.0447. The van der Waals surface area contributed by atoms with Crippen LogP contribution in [0, 0.1) is 6.92 Å². The number of aryl methyl sites for hydroxylation is 1. The smallest absolute Gasteiger partial charge is 0.254 e. The van der Waals surface area contributed by atoms with Gasteiger partial charge in [0.15, 0.2) is 5.82 Å². The summed E-state index contributed by atoms with van der Waals surface area (Å²) in [4.78, 5) is 28.6. The lowest BCUT2D eigenvalue weighted by atomic mass is 10.1. The third-order valence-corrected chi connectivity index (χ3v) is 5.99. The molecular formula is C19H25N5O5S. The molecule has 30 heavy (non-hydrogen) atoms. The van der Waals surface area contributed by atoms with Gasteiger partial charge in [0.05, 0.1) is 12.3 Å². The monoisotopic (exact) mass is 435 g/mol. The molecule has 1 aliphatic rings. The number of hydrogen-bond donors (Lipinski definition) is 2. The van der Waals surface area contributed by atoms with E-state index in [0.717, 1.165) is 0 Å². The lowest BCUT2D eigenvalue weighted by Crippen LogP contribution is -2.50. The fourth-order valence-electron chi connectivity index (χ4n) is 3.07. The van der Waals surface area contributed by atoms with Gasteiger partial charge in [0.1, 0.15) is 5.76 Å². The molecule has 2 N–H and O–H groups in total. The van der Waals surface area contributed by atoms with Crippen molar-refractivity contribution in [1.29, 1.82) is 0 Å². The van der Waals surface area contributed by atoms with E-state index in [1.54, 1.807) is 43.0 Å². The highest BCUT2D eigenvalue weighted by atomic mass is 32.2. The molecule has 0 atom stereocenters. The molecular weight excluding hydrogens is 410 g/mol. The van der Waals surface area contributed by atoms with E-state index >= 15 is 0 Å². The van der Waals surface area contributed by atoms with Crippen molar-refractivity contribution < 1.29 is 22.5 Å². The van der Waals surface area contributed by atoms with Gasteiger partial charge in [0.25, 0.3) is 5.91 Å². The van der Waals surface area contributed by atoms with Crippen LogP contribution < -0.4 is 10.0 Å². The summed E-state index contributed by atoms with van der Waals surface area (Å²) in [5.41, 5.74) is 0.778. The first kappa shape index (κ1) is 21.8. The van der Waals surface area contributed by atoms with Crippen LogP contribution >= 0.6 is 0 Å². The number of benzene rings is 1. The quantitative estimate of drug-likeness (QED) is 0.668. The van der Waals surface area contributed by atoms with E-state index in [9.17, 15) is 18.0 Å². The lowest BCUT2D eigenvalue weighted by molar-refractivity contribution is -0.117. The number of piperazine rings is 1. The summed E-state index contributed by atoms with van der Waals surface area (Å²) in [5, 5.41) is 6.41. The van der Waals surface area contributed by atoms with Gasteiger partial charge >= 0.3 is 0 Å². The van der Waals surface area contributed by atoms with Crippen LogP contribution in [0.2, 0.25) is 0 Å². The van der Waals surface area contributed by atoms with E-state index in [-0.39, 0.29) is 24.1 Å². The maximum absolute atomic E-state index is 12.8. The summed E-state index contributed by atoms with van der Waals surface area (Å²) >= 11 is 0. The molecule has 1 saturated heterocycles.